The van der Waals surface area contributed by atoms with Crippen LogP contribution in [0.25, 0.3) is 21.9 Å². The second kappa shape index (κ2) is 10.8. The number of fused-ring (bicyclic) bond motifs is 1. The number of rotatable bonds is 8. The Balaban J connectivity index is 1.59. The van der Waals surface area contributed by atoms with E-state index in [1.807, 2.05) is 0 Å². The highest BCUT2D eigenvalue weighted by molar-refractivity contribution is 6.30. The Hall–Kier alpha value is -2.92. The monoisotopic (exact) mass is 502 g/mol. The molecule has 0 nitrogen and oxygen atoms in total. The largest absolute Gasteiger partial charge is 0.206 e. The molecule has 4 rings (SSSR count). The summed E-state index contributed by atoms with van der Waals surface area (Å²) in [6, 6.07) is 12.8. The molecule has 35 heavy (non-hydrogen) atoms. The summed E-state index contributed by atoms with van der Waals surface area (Å²) in [5.74, 6) is -3.48. The number of aryl methyl sites for hydroxylation is 3. The molecule has 0 radical (unpaired) electrons. The number of hydrogen-bond acceptors (Lipinski definition) is 0. The SMILES string of the molecule is CCCCCc1cc(F)c(-c2ccc3c(F)c(CCc4cc(F)c(Cl)c(F)c4)ccc3c2)c(F)c1. The molecule has 0 heterocycles. The lowest BCUT2D eigenvalue weighted by Crippen LogP contribution is -1.98. The van der Waals surface area contributed by atoms with Crippen molar-refractivity contribution >= 4 is 22.4 Å². The number of unbranched alkanes of at least 4 members (excludes halogenated alkanes) is 2. The zero-order chi connectivity index (χ0) is 25.1. The van der Waals surface area contributed by atoms with Gasteiger partial charge in [0.2, 0.25) is 0 Å². The Labute approximate surface area is 206 Å². The molecule has 4 aromatic rings. The Kier molecular flexibility index (Phi) is 7.75. The molecule has 4 aromatic carbocycles. The highest BCUT2D eigenvalue weighted by Gasteiger charge is 2.16. The molecule has 0 aliphatic carbocycles. The fourth-order valence-electron chi connectivity index (χ4n) is 4.34. The first kappa shape index (κ1) is 25.2. The Morgan fingerprint density at radius 3 is 1.94 bits per heavy atom. The van der Waals surface area contributed by atoms with Gasteiger partial charge in [0.15, 0.2) is 0 Å². The van der Waals surface area contributed by atoms with Crippen LogP contribution in [0.15, 0.2) is 54.6 Å². The van der Waals surface area contributed by atoms with Crippen LogP contribution in [0.5, 0.6) is 0 Å². The Morgan fingerprint density at radius 1 is 0.657 bits per heavy atom. The van der Waals surface area contributed by atoms with E-state index in [1.54, 1.807) is 18.2 Å². The first-order chi connectivity index (χ1) is 16.8. The Bertz CT molecular complexity index is 1330. The molecule has 0 amide bonds. The number of halogens is 6. The Morgan fingerprint density at radius 2 is 1.29 bits per heavy atom. The van der Waals surface area contributed by atoms with E-state index in [2.05, 4.69) is 6.92 Å². The highest BCUT2D eigenvalue weighted by atomic mass is 35.5. The van der Waals surface area contributed by atoms with Crippen molar-refractivity contribution in [2.24, 2.45) is 0 Å². The van der Waals surface area contributed by atoms with E-state index < -0.39 is 34.1 Å². The average Bonchev–Trinajstić information content (AvgIpc) is 2.82. The van der Waals surface area contributed by atoms with Crippen molar-refractivity contribution in [3.63, 3.8) is 0 Å². The van der Waals surface area contributed by atoms with Crippen molar-refractivity contribution < 1.29 is 22.0 Å². The molecule has 0 bridgehead atoms. The molecule has 0 saturated carbocycles. The normalized spacial score (nSPS) is 11.4. The molecule has 0 unspecified atom stereocenters. The first-order valence-electron chi connectivity index (χ1n) is 11.6. The van der Waals surface area contributed by atoms with Crippen molar-refractivity contribution in [1.29, 1.82) is 0 Å². The first-order valence-corrected chi connectivity index (χ1v) is 12.0. The summed E-state index contributed by atoms with van der Waals surface area (Å²) in [7, 11) is 0. The second-order valence-corrected chi connectivity index (χ2v) is 9.12. The van der Waals surface area contributed by atoms with Crippen LogP contribution in [0.1, 0.15) is 42.9 Å². The maximum Gasteiger partial charge on any atom is 0.145 e. The number of hydrogen-bond donors (Lipinski definition) is 0. The summed E-state index contributed by atoms with van der Waals surface area (Å²) >= 11 is 5.51. The van der Waals surface area contributed by atoms with Gasteiger partial charge in [-0.15, -0.1) is 0 Å². The zero-order valence-corrected chi connectivity index (χ0v) is 20.0. The van der Waals surface area contributed by atoms with Gasteiger partial charge in [0.25, 0.3) is 0 Å². The van der Waals surface area contributed by atoms with Gasteiger partial charge in [-0.1, -0.05) is 55.6 Å². The van der Waals surface area contributed by atoms with Crippen LogP contribution in [0.3, 0.4) is 0 Å². The molecule has 0 aliphatic rings. The smallest absolute Gasteiger partial charge is 0.145 e. The van der Waals surface area contributed by atoms with Crippen molar-refractivity contribution in [2.45, 2.75) is 45.4 Å². The van der Waals surface area contributed by atoms with E-state index in [0.29, 0.717) is 39.4 Å². The molecule has 0 atom stereocenters. The van der Waals surface area contributed by atoms with Crippen LogP contribution in [-0.2, 0) is 19.3 Å². The minimum Gasteiger partial charge on any atom is -0.206 e. The third kappa shape index (κ3) is 5.51. The van der Waals surface area contributed by atoms with E-state index in [1.165, 1.54) is 24.3 Å². The maximum atomic E-state index is 15.2. The van der Waals surface area contributed by atoms with E-state index in [9.17, 15) is 17.6 Å². The highest BCUT2D eigenvalue weighted by Crippen LogP contribution is 2.32. The predicted octanol–water partition coefficient (Wildman–Crippen LogP) is 9.37. The van der Waals surface area contributed by atoms with Gasteiger partial charge in [-0.25, -0.2) is 22.0 Å². The molecule has 0 aliphatic heterocycles. The van der Waals surface area contributed by atoms with Crippen LogP contribution < -0.4 is 0 Å². The van der Waals surface area contributed by atoms with Gasteiger partial charge in [0.1, 0.15) is 34.1 Å². The van der Waals surface area contributed by atoms with Crippen molar-refractivity contribution in [2.75, 3.05) is 0 Å². The summed E-state index contributed by atoms with van der Waals surface area (Å²) in [4.78, 5) is 0. The summed E-state index contributed by atoms with van der Waals surface area (Å²) in [5, 5.41) is 0.232. The van der Waals surface area contributed by atoms with Gasteiger partial charge in [0.05, 0.1) is 5.56 Å². The molecule has 182 valence electrons. The molecular weight excluding hydrogens is 479 g/mol. The third-order valence-electron chi connectivity index (χ3n) is 6.22. The lowest BCUT2D eigenvalue weighted by Gasteiger charge is -2.11. The number of benzene rings is 4. The maximum absolute atomic E-state index is 15.2. The van der Waals surface area contributed by atoms with Gasteiger partial charge in [-0.05, 0) is 83.7 Å². The molecule has 0 N–H and O–H groups in total. The van der Waals surface area contributed by atoms with Crippen molar-refractivity contribution in [3.8, 4) is 11.1 Å². The van der Waals surface area contributed by atoms with Crippen LogP contribution in [-0.4, -0.2) is 0 Å². The molecule has 0 fully saturated rings. The summed E-state index contributed by atoms with van der Waals surface area (Å²) in [6.07, 6.45) is 3.93. The second-order valence-electron chi connectivity index (χ2n) is 8.74. The molecule has 0 aromatic heterocycles. The van der Waals surface area contributed by atoms with E-state index in [-0.39, 0.29) is 18.4 Å². The average molecular weight is 503 g/mol. The zero-order valence-electron chi connectivity index (χ0n) is 19.2. The van der Waals surface area contributed by atoms with E-state index in [0.717, 1.165) is 31.4 Å². The third-order valence-corrected chi connectivity index (χ3v) is 6.58. The fourth-order valence-corrected chi connectivity index (χ4v) is 4.45. The van der Waals surface area contributed by atoms with Crippen LogP contribution in [0, 0.1) is 29.1 Å². The molecule has 6 heteroatoms. The minimum absolute atomic E-state index is 0.137. The predicted molar refractivity (Wildman–Crippen MR) is 131 cm³/mol. The fraction of sp³-hybridized carbons (Fsp3) is 0.241. The van der Waals surface area contributed by atoms with Crippen molar-refractivity contribution in [3.05, 3.63) is 105 Å². The van der Waals surface area contributed by atoms with Gasteiger partial charge in [-0.2, -0.15) is 0 Å². The summed E-state index contributed by atoms with van der Waals surface area (Å²) in [5.41, 5.74) is 1.54. The lowest BCUT2D eigenvalue weighted by atomic mass is 9.95. The van der Waals surface area contributed by atoms with Gasteiger partial charge in [-0.3, -0.25) is 0 Å². The van der Waals surface area contributed by atoms with E-state index in [4.69, 9.17) is 11.6 Å². The molecular formula is C29H24ClF5. The van der Waals surface area contributed by atoms with E-state index >= 15 is 4.39 Å². The summed E-state index contributed by atoms with van der Waals surface area (Å²) in [6.45, 7) is 2.07. The summed E-state index contributed by atoms with van der Waals surface area (Å²) < 4.78 is 72.2. The van der Waals surface area contributed by atoms with Crippen LogP contribution in [0.2, 0.25) is 5.02 Å². The van der Waals surface area contributed by atoms with Gasteiger partial charge < -0.3 is 0 Å². The van der Waals surface area contributed by atoms with Gasteiger partial charge >= 0.3 is 0 Å². The molecule has 0 spiro atoms. The topological polar surface area (TPSA) is 0 Å². The van der Waals surface area contributed by atoms with Crippen LogP contribution >= 0.6 is 11.6 Å². The standard InChI is InChI=1S/C29H24ClF5/c1-2-3-4-5-17-12-23(31)27(24(32)13-17)21-10-11-22-20(16-21)9-8-19(29(22)35)7-6-18-14-25(33)28(30)26(34)15-18/h8-16H,2-7H2,1H3. The molecule has 0 saturated heterocycles. The van der Waals surface area contributed by atoms with Gasteiger partial charge in [0, 0.05) is 5.39 Å². The quantitative estimate of drug-likeness (QED) is 0.128. The van der Waals surface area contributed by atoms with Crippen molar-refractivity contribution in [1.82, 2.24) is 0 Å². The minimum atomic E-state index is -0.860. The van der Waals surface area contributed by atoms with Crippen LogP contribution in [0.4, 0.5) is 22.0 Å². The lowest BCUT2D eigenvalue weighted by molar-refractivity contribution is 0.579.